The van der Waals surface area contributed by atoms with E-state index in [1.807, 2.05) is 29.2 Å². The van der Waals surface area contributed by atoms with Crippen molar-refractivity contribution in [1.82, 2.24) is 10.2 Å². The zero-order valence-corrected chi connectivity index (χ0v) is 14.2. The van der Waals surface area contributed by atoms with Gasteiger partial charge < -0.3 is 19.7 Å². The highest BCUT2D eigenvalue weighted by Gasteiger charge is 2.22. The summed E-state index contributed by atoms with van der Waals surface area (Å²) in [7, 11) is 1.62. The molecule has 1 fully saturated rings. The molecule has 1 N–H and O–H groups in total. The molecule has 0 unspecified atom stereocenters. The summed E-state index contributed by atoms with van der Waals surface area (Å²) in [6.07, 6.45) is 2.59. The fourth-order valence-corrected chi connectivity index (χ4v) is 2.88. The normalized spacial score (nSPS) is 15.5. The number of nitrogens with one attached hydrogen (secondary N) is 1. The van der Waals surface area contributed by atoms with Crippen LogP contribution in [0.15, 0.2) is 24.3 Å². The molecule has 1 saturated heterocycles. The summed E-state index contributed by atoms with van der Waals surface area (Å²) >= 11 is 0. The van der Waals surface area contributed by atoms with Crippen LogP contribution in [0.2, 0.25) is 0 Å². The first-order chi connectivity index (χ1) is 11.2. The summed E-state index contributed by atoms with van der Waals surface area (Å²) in [6.45, 7) is 6.32. The maximum Gasteiger partial charge on any atom is 0.225 e. The van der Waals surface area contributed by atoms with Gasteiger partial charge in [0.15, 0.2) is 11.5 Å². The molecule has 1 amide bonds. The standard InChI is InChI=1S/C18H28N2O3/c1-3-19-14-15-8-11-20(12-9-15)18(21)10-13-23-17-7-5-4-6-16(17)22-2/h4-7,15,19H,3,8-14H2,1-2H3. The largest absolute Gasteiger partial charge is 0.493 e. The number of likely N-dealkylation sites (tertiary alicyclic amines) is 1. The molecule has 0 bridgehead atoms. The minimum absolute atomic E-state index is 0.182. The summed E-state index contributed by atoms with van der Waals surface area (Å²) in [4.78, 5) is 14.2. The van der Waals surface area contributed by atoms with Crippen LogP contribution in [0.1, 0.15) is 26.2 Å². The number of carbonyl (C=O) groups excluding carboxylic acids is 1. The van der Waals surface area contributed by atoms with Crippen LogP contribution in [0.4, 0.5) is 0 Å². The number of methoxy groups -OCH3 is 1. The number of ether oxygens (including phenoxy) is 2. The van der Waals surface area contributed by atoms with Crippen LogP contribution in [-0.2, 0) is 4.79 Å². The van der Waals surface area contributed by atoms with Crippen LogP contribution in [-0.4, -0.2) is 50.7 Å². The Morgan fingerprint density at radius 3 is 2.61 bits per heavy atom. The number of nitrogens with zero attached hydrogens (tertiary/aromatic N) is 1. The van der Waals surface area contributed by atoms with E-state index in [1.165, 1.54) is 0 Å². The lowest BCUT2D eigenvalue weighted by Crippen LogP contribution is -2.41. The van der Waals surface area contributed by atoms with Crippen LogP contribution in [0, 0.1) is 5.92 Å². The van der Waals surface area contributed by atoms with E-state index in [0.29, 0.717) is 30.4 Å². The van der Waals surface area contributed by atoms with Gasteiger partial charge in [0.2, 0.25) is 5.91 Å². The van der Waals surface area contributed by atoms with Crippen LogP contribution in [0.3, 0.4) is 0 Å². The average molecular weight is 320 g/mol. The molecule has 5 heteroatoms. The second-order valence-corrected chi connectivity index (χ2v) is 5.88. The van der Waals surface area contributed by atoms with Crippen molar-refractivity contribution >= 4 is 5.91 Å². The predicted octanol–water partition coefficient (Wildman–Crippen LogP) is 2.31. The van der Waals surface area contributed by atoms with E-state index in [1.54, 1.807) is 7.11 Å². The first-order valence-corrected chi connectivity index (χ1v) is 8.49. The molecule has 1 aliphatic heterocycles. The Kier molecular flexibility index (Phi) is 7.20. The van der Waals surface area contributed by atoms with Gasteiger partial charge in [-0.05, 0) is 44.0 Å². The lowest BCUT2D eigenvalue weighted by atomic mass is 9.96. The average Bonchev–Trinajstić information content (AvgIpc) is 2.60. The highest BCUT2D eigenvalue weighted by Crippen LogP contribution is 2.26. The van der Waals surface area contributed by atoms with Crippen molar-refractivity contribution in [3.05, 3.63) is 24.3 Å². The third-order valence-electron chi connectivity index (χ3n) is 4.29. The number of rotatable bonds is 8. The molecule has 2 rings (SSSR count). The number of carbonyl (C=O) groups is 1. The van der Waals surface area contributed by atoms with Gasteiger partial charge in [-0.1, -0.05) is 19.1 Å². The quantitative estimate of drug-likeness (QED) is 0.798. The molecule has 1 aromatic rings. The van der Waals surface area contributed by atoms with Crippen molar-refractivity contribution in [2.45, 2.75) is 26.2 Å². The number of piperidine rings is 1. The molecule has 128 valence electrons. The van der Waals surface area contributed by atoms with Crippen LogP contribution < -0.4 is 14.8 Å². The number of hydrogen-bond acceptors (Lipinski definition) is 4. The molecule has 0 saturated carbocycles. The number of para-hydroxylation sites is 2. The summed E-state index contributed by atoms with van der Waals surface area (Å²) in [5.41, 5.74) is 0. The number of hydrogen-bond donors (Lipinski definition) is 1. The smallest absolute Gasteiger partial charge is 0.225 e. The second-order valence-electron chi connectivity index (χ2n) is 5.88. The molecule has 0 spiro atoms. The molecule has 1 heterocycles. The van der Waals surface area contributed by atoms with Gasteiger partial charge in [-0.25, -0.2) is 0 Å². The maximum atomic E-state index is 12.3. The Labute approximate surface area is 139 Å². The molecule has 1 aromatic carbocycles. The minimum Gasteiger partial charge on any atom is -0.493 e. The molecule has 0 radical (unpaired) electrons. The van der Waals surface area contributed by atoms with Gasteiger partial charge in [0.05, 0.1) is 20.1 Å². The maximum absolute atomic E-state index is 12.3. The van der Waals surface area contributed by atoms with Crippen molar-refractivity contribution in [1.29, 1.82) is 0 Å². The minimum atomic E-state index is 0.182. The molecule has 5 nitrogen and oxygen atoms in total. The van der Waals surface area contributed by atoms with Crippen molar-refractivity contribution in [2.75, 3.05) is 39.9 Å². The summed E-state index contributed by atoms with van der Waals surface area (Å²) in [5.74, 6) is 2.27. The Morgan fingerprint density at radius 1 is 1.26 bits per heavy atom. The highest BCUT2D eigenvalue weighted by atomic mass is 16.5. The first kappa shape index (κ1) is 17.6. The van der Waals surface area contributed by atoms with Crippen molar-refractivity contribution in [2.24, 2.45) is 5.92 Å². The first-order valence-electron chi connectivity index (χ1n) is 8.49. The molecule has 0 aromatic heterocycles. The van der Waals surface area contributed by atoms with Crippen molar-refractivity contribution in [3.63, 3.8) is 0 Å². The monoisotopic (exact) mass is 320 g/mol. The van der Waals surface area contributed by atoms with Gasteiger partial charge >= 0.3 is 0 Å². The molecule has 1 aliphatic rings. The van der Waals surface area contributed by atoms with Gasteiger partial charge in [0.25, 0.3) is 0 Å². The Hall–Kier alpha value is -1.75. The van der Waals surface area contributed by atoms with E-state index >= 15 is 0 Å². The molecular formula is C18H28N2O3. The number of amides is 1. The predicted molar refractivity (Wildman–Crippen MR) is 91.0 cm³/mol. The highest BCUT2D eigenvalue weighted by molar-refractivity contribution is 5.76. The van der Waals surface area contributed by atoms with Crippen LogP contribution in [0.25, 0.3) is 0 Å². The summed E-state index contributed by atoms with van der Waals surface area (Å²) < 4.78 is 10.9. The van der Waals surface area contributed by atoms with E-state index in [4.69, 9.17) is 9.47 Å². The van der Waals surface area contributed by atoms with E-state index in [-0.39, 0.29) is 5.91 Å². The fraction of sp³-hybridized carbons (Fsp3) is 0.611. The summed E-state index contributed by atoms with van der Waals surface area (Å²) in [6, 6.07) is 7.50. The molecule has 0 atom stereocenters. The van der Waals surface area contributed by atoms with Crippen molar-refractivity contribution in [3.8, 4) is 11.5 Å². The summed E-state index contributed by atoms with van der Waals surface area (Å²) in [5, 5.41) is 3.39. The van der Waals surface area contributed by atoms with Gasteiger partial charge in [-0.3, -0.25) is 4.79 Å². The molecular weight excluding hydrogens is 292 g/mol. The van der Waals surface area contributed by atoms with Gasteiger partial charge in [0, 0.05) is 13.1 Å². The molecule has 23 heavy (non-hydrogen) atoms. The number of benzene rings is 1. The van der Waals surface area contributed by atoms with Gasteiger partial charge in [-0.2, -0.15) is 0 Å². The third kappa shape index (κ3) is 5.43. The molecule has 0 aliphatic carbocycles. The Balaban J connectivity index is 1.69. The van der Waals surface area contributed by atoms with E-state index < -0.39 is 0 Å². The zero-order chi connectivity index (χ0) is 16.5. The Morgan fingerprint density at radius 2 is 1.96 bits per heavy atom. The van der Waals surface area contributed by atoms with E-state index in [9.17, 15) is 4.79 Å². The van der Waals surface area contributed by atoms with Crippen LogP contribution in [0.5, 0.6) is 11.5 Å². The zero-order valence-electron chi connectivity index (χ0n) is 14.2. The lowest BCUT2D eigenvalue weighted by Gasteiger charge is -2.32. The Bertz CT molecular complexity index is 485. The van der Waals surface area contributed by atoms with Crippen LogP contribution >= 0.6 is 0 Å². The third-order valence-corrected chi connectivity index (χ3v) is 4.29. The van der Waals surface area contributed by atoms with E-state index in [2.05, 4.69) is 12.2 Å². The van der Waals surface area contributed by atoms with E-state index in [0.717, 1.165) is 39.0 Å². The van der Waals surface area contributed by atoms with Gasteiger partial charge in [0.1, 0.15) is 0 Å². The lowest BCUT2D eigenvalue weighted by molar-refractivity contribution is -0.133. The second kappa shape index (κ2) is 9.40. The van der Waals surface area contributed by atoms with Crippen molar-refractivity contribution < 1.29 is 14.3 Å². The fourth-order valence-electron chi connectivity index (χ4n) is 2.88. The van der Waals surface area contributed by atoms with Gasteiger partial charge in [-0.15, -0.1) is 0 Å². The topological polar surface area (TPSA) is 50.8 Å². The SMILES string of the molecule is CCNCC1CCN(C(=O)CCOc2ccccc2OC)CC1.